The molecular weight excluding hydrogens is 867 g/mol. The molecule has 0 amide bonds. The quantitative estimate of drug-likeness (QED) is 0.0698. The van der Waals surface area contributed by atoms with Crippen LogP contribution in [0.3, 0.4) is 0 Å². The van der Waals surface area contributed by atoms with Gasteiger partial charge in [-0.25, -0.2) is 0 Å². The summed E-state index contributed by atoms with van der Waals surface area (Å²) in [5.74, 6) is 0.352. The summed E-state index contributed by atoms with van der Waals surface area (Å²) in [6.07, 6.45) is 1.06. The van der Waals surface area contributed by atoms with E-state index in [0.29, 0.717) is 74.1 Å². The standard InChI is InChI=1S/C47H33ClF3N7O7/c48-36-22-28(10-14-40(36)62-25-47(49,50)51)46-56-44(58-65-46)35-6-2-4-33-31(35)18-20-54-38(33)12-16-42(60)63-41(59)15-11-37-32-3-1-5-34(30(32)17-19-53-37)43-55-45(64-57-43)27-9-13-39(29(21-27)23-52)61-24-26-7-8-26/h1-6,9-10,13-14,17-22,26H,7-8,11-12,15-16,24-25H2. The molecule has 9 rings (SSSR count). The number of nitriles is 1. The largest absolute Gasteiger partial charge is 0.492 e. The van der Waals surface area contributed by atoms with Gasteiger partial charge in [-0.2, -0.15) is 28.4 Å². The van der Waals surface area contributed by atoms with Crippen LogP contribution in [0.25, 0.3) is 67.2 Å². The van der Waals surface area contributed by atoms with E-state index in [1.807, 2.05) is 30.3 Å². The van der Waals surface area contributed by atoms with Gasteiger partial charge in [-0.3, -0.25) is 19.6 Å². The third kappa shape index (κ3) is 9.77. The van der Waals surface area contributed by atoms with Crippen LogP contribution in [0.4, 0.5) is 13.2 Å². The molecule has 0 spiro atoms. The molecule has 0 N–H and O–H groups in total. The number of hydrogen-bond donors (Lipinski definition) is 0. The lowest BCUT2D eigenvalue weighted by Gasteiger charge is -2.10. The molecule has 4 aromatic heterocycles. The van der Waals surface area contributed by atoms with Crippen LogP contribution in [0.15, 0.2) is 106 Å². The maximum atomic E-state index is 12.9. The molecule has 4 heterocycles. The van der Waals surface area contributed by atoms with Gasteiger partial charge in [0.2, 0.25) is 11.6 Å². The molecule has 0 atom stereocenters. The Morgan fingerprint density at radius 2 is 1.28 bits per heavy atom. The number of rotatable bonds is 15. The van der Waals surface area contributed by atoms with Crippen molar-refractivity contribution in [2.24, 2.45) is 5.92 Å². The number of carbonyl (C=O) groups is 2. The van der Waals surface area contributed by atoms with Crippen LogP contribution in [-0.4, -0.2) is 61.6 Å². The average Bonchev–Trinajstić information content (AvgIpc) is 3.77. The number of carbonyl (C=O) groups excluding carboxylic acids is 2. The Labute approximate surface area is 371 Å². The molecule has 1 fully saturated rings. The molecule has 1 aliphatic rings. The number of aromatic nitrogens is 6. The average molecular weight is 900 g/mol. The highest BCUT2D eigenvalue weighted by Crippen LogP contribution is 2.36. The zero-order valence-electron chi connectivity index (χ0n) is 34.0. The first-order valence-electron chi connectivity index (χ1n) is 20.3. The van der Waals surface area contributed by atoms with Gasteiger partial charge in [0, 0.05) is 69.6 Å². The summed E-state index contributed by atoms with van der Waals surface area (Å²) < 4.78 is 64.7. The predicted molar refractivity (Wildman–Crippen MR) is 228 cm³/mol. The van der Waals surface area contributed by atoms with Gasteiger partial charge in [0.1, 0.15) is 17.6 Å². The van der Waals surface area contributed by atoms with Crippen LogP contribution in [-0.2, 0) is 27.2 Å². The van der Waals surface area contributed by atoms with Gasteiger partial charge in [0.05, 0.1) is 30.0 Å². The van der Waals surface area contributed by atoms with Crippen molar-refractivity contribution in [3.63, 3.8) is 0 Å². The number of esters is 2. The first-order chi connectivity index (χ1) is 31.5. The number of aryl methyl sites for hydroxylation is 2. The van der Waals surface area contributed by atoms with E-state index in [-0.39, 0.29) is 54.1 Å². The van der Waals surface area contributed by atoms with E-state index in [1.165, 1.54) is 18.2 Å². The van der Waals surface area contributed by atoms with E-state index in [9.17, 15) is 28.0 Å². The van der Waals surface area contributed by atoms with E-state index in [1.54, 1.807) is 48.8 Å². The van der Waals surface area contributed by atoms with Crippen LogP contribution in [0, 0.1) is 17.2 Å². The van der Waals surface area contributed by atoms with E-state index in [0.717, 1.165) is 23.6 Å². The summed E-state index contributed by atoms with van der Waals surface area (Å²) in [5.41, 5.74) is 3.77. The zero-order chi connectivity index (χ0) is 45.1. The lowest BCUT2D eigenvalue weighted by Crippen LogP contribution is -2.19. The van der Waals surface area contributed by atoms with Gasteiger partial charge in [0.15, 0.2) is 6.61 Å². The lowest BCUT2D eigenvalue weighted by atomic mass is 10.0. The van der Waals surface area contributed by atoms with Gasteiger partial charge < -0.3 is 23.3 Å². The van der Waals surface area contributed by atoms with E-state index < -0.39 is 24.7 Å². The van der Waals surface area contributed by atoms with Crippen LogP contribution < -0.4 is 9.47 Å². The highest BCUT2D eigenvalue weighted by molar-refractivity contribution is 6.32. The second kappa shape index (κ2) is 18.2. The number of nitrogens with zero attached hydrogens (tertiary/aromatic N) is 7. The molecule has 1 saturated carbocycles. The fraction of sp³-hybridized carbons (Fsp3) is 0.213. The van der Waals surface area contributed by atoms with Crippen LogP contribution in [0.1, 0.15) is 42.6 Å². The van der Waals surface area contributed by atoms with Gasteiger partial charge in [-0.15, -0.1) is 0 Å². The third-order valence-electron chi connectivity index (χ3n) is 10.6. The summed E-state index contributed by atoms with van der Waals surface area (Å²) >= 11 is 6.17. The summed E-state index contributed by atoms with van der Waals surface area (Å²) in [6, 6.07) is 26.0. The first kappa shape index (κ1) is 42.6. The maximum Gasteiger partial charge on any atom is 0.422 e. The summed E-state index contributed by atoms with van der Waals surface area (Å²) in [4.78, 5) is 43.9. The normalized spacial score (nSPS) is 12.6. The number of alkyl halides is 3. The Balaban J connectivity index is 0.820. The molecule has 0 saturated heterocycles. The van der Waals surface area contributed by atoms with Crippen molar-refractivity contribution in [3.8, 4) is 63.3 Å². The number of hydrogen-bond acceptors (Lipinski definition) is 14. The Morgan fingerprint density at radius 1 is 0.723 bits per heavy atom. The molecule has 0 bridgehead atoms. The van der Waals surface area contributed by atoms with Crippen molar-refractivity contribution in [3.05, 3.63) is 119 Å². The second-order valence-electron chi connectivity index (χ2n) is 15.1. The minimum atomic E-state index is -4.52. The van der Waals surface area contributed by atoms with Crippen molar-refractivity contribution in [2.45, 2.75) is 44.7 Å². The molecule has 8 aromatic rings. The number of ether oxygens (including phenoxy) is 3. The Kier molecular flexibility index (Phi) is 11.9. The van der Waals surface area contributed by atoms with Crippen molar-refractivity contribution >= 4 is 45.1 Å². The van der Waals surface area contributed by atoms with E-state index >= 15 is 0 Å². The SMILES string of the molecule is N#Cc1cc(-c2nc(-c3cccc4c(CCC(=O)OC(=O)CCc5nccc6c(-c7noc(-c8ccc(OCC(F)(F)F)c(Cl)c8)n7)cccc56)nccc34)no2)ccc1OCC1CC1. The fourth-order valence-corrected chi connectivity index (χ4v) is 7.41. The van der Waals surface area contributed by atoms with E-state index in [2.05, 4.69) is 36.3 Å². The van der Waals surface area contributed by atoms with Crippen molar-refractivity contribution in [1.29, 1.82) is 5.26 Å². The molecule has 326 valence electrons. The molecule has 4 aromatic carbocycles. The number of fused-ring (bicyclic) bond motifs is 2. The molecular formula is C47H33ClF3N7O7. The minimum Gasteiger partial charge on any atom is -0.492 e. The van der Waals surface area contributed by atoms with Crippen molar-refractivity contribution in [1.82, 2.24) is 30.2 Å². The molecule has 18 heteroatoms. The zero-order valence-corrected chi connectivity index (χ0v) is 34.7. The molecule has 14 nitrogen and oxygen atoms in total. The summed E-state index contributed by atoms with van der Waals surface area (Å²) in [6.45, 7) is -0.909. The predicted octanol–water partition coefficient (Wildman–Crippen LogP) is 10.1. The monoisotopic (exact) mass is 899 g/mol. The third-order valence-corrected chi connectivity index (χ3v) is 10.9. The Hall–Kier alpha value is -7.71. The molecule has 0 aliphatic heterocycles. The van der Waals surface area contributed by atoms with Crippen LogP contribution in [0.2, 0.25) is 5.02 Å². The van der Waals surface area contributed by atoms with Gasteiger partial charge >= 0.3 is 18.1 Å². The molecule has 65 heavy (non-hydrogen) atoms. The van der Waals surface area contributed by atoms with Crippen molar-refractivity contribution in [2.75, 3.05) is 13.2 Å². The minimum absolute atomic E-state index is 0.0633. The van der Waals surface area contributed by atoms with E-state index in [4.69, 9.17) is 34.9 Å². The topological polar surface area (TPSA) is 189 Å². The number of benzene rings is 4. The highest BCUT2D eigenvalue weighted by atomic mass is 35.5. The Bertz CT molecular complexity index is 3140. The smallest absolute Gasteiger partial charge is 0.422 e. The fourth-order valence-electron chi connectivity index (χ4n) is 7.17. The Morgan fingerprint density at radius 3 is 1.80 bits per heavy atom. The molecule has 0 radical (unpaired) electrons. The maximum absolute atomic E-state index is 12.9. The van der Waals surface area contributed by atoms with Gasteiger partial charge in [-0.05, 0) is 78.1 Å². The second-order valence-corrected chi connectivity index (χ2v) is 15.5. The van der Waals surface area contributed by atoms with Crippen LogP contribution in [0.5, 0.6) is 11.5 Å². The van der Waals surface area contributed by atoms with Crippen LogP contribution >= 0.6 is 11.6 Å². The number of pyridine rings is 2. The number of halogens is 4. The summed E-state index contributed by atoms with van der Waals surface area (Å²) in [5, 5.41) is 20.9. The van der Waals surface area contributed by atoms with Gasteiger partial charge in [0.25, 0.3) is 11.8 Å². The summed E-state index contributed by atoms with van der Waals surface area (Å²) in [7, 11) is 0. The van der Waals surface area contributed by atoms with Gasteiger partial charge in [-0.1, -0.05) is 58.3 Å². The first-order valence-corrected chi connectivity index (χ1v) is 20.7. The lowest BCUT2D eigenvalue weighted by molar-refractivity contribution is -0.159. The molecule has 0 unspecified atom stereocenters. The highest BCUT2D eigenvalue weighted by Gasteiger charge is 2.29. The molecule has 1 aliphatic carbocycles. The van der Waals surface area contributed by atoms with Crippen molar-refractivity contribution < 1.29 is 46.0 Å².